The minimum atomic E-state index is -0.988. The minimum Gasteiger partial charge on any atom is -0.493 e. The van der Waals surface area contributed by atoms with Gasteiger partial charge in [0.25, 0.3) is 0 Å². The van der Waals surface area contributed by atoms with Gasteiger partial charge < -0.3 is 19.7 Å². The lowest BCUT2D eigenvalue weighted by molar-refractivity contribution is -0.145. The largest absolute Gasteiger partial charge is 0.493 e. The highest BCUT2D eigenvalue weighted by Crippen LogP contribution is 2.34. The summed E-state index contributed by atoms with van der Waals surface area (Å²) in [6.45, 7) is 2.06. The number of rotatable bonds is 8. The molecule has 0 fully saturated rings. The van der Waals surface area contributed by atoms with Crippen molar-refractivity contribution in [3.8, 4) is 11.5 Å². The van der Waals surface area contributed by atoms with Crippen LogP contribution in [0, 0.1) is 0 Å². The Kier molecular flexibility index (Phi) is 5.98. The first-order valence-corrected chi connectivity index (χ1v) is 7.84. The third-order valence-electron chi connectivity index (χ3n) is 3.82. The van der Waals surface area contributed by atoms with Gasteiger partial charge in [0.1, 0.15) is 11.5 Å². The SMILES string of the molecule is CC(=O)c1cc2c(cc1OCCCCCO)OC(C(=O)O)CC2. The van der Waals surface area contributed by atoms with Gasteiger partial charge >= 0.3 is 5.97 Å². The summed E-state index contributed by atoms with van der Waals surface area (Å²) in [6.07, 6.45) is 2.42. The van der Waals surface area contributed by atoms with E-state index in [9.17, 15) is 9.59 Å². The van der Waals surface area contributed by atoms with E-state index in [2.05, 4.69) is 0 Å². The molecule has 0 saturated heterocycles. The molecule has 1 aromatic carbocycles. The standard InChI is InChI=1S/C17H22O6/c1-11(19)13-9-12-5-6-14(17(20)21)23-15(12)10-16(13)22-8-4-2-3-7-18/h9-10,14,18H,2-8H2,1H3,(H,20,21). The number of unbranched alkanes of at least 4 members (excludes halogenated alkanes) is 2. The minimum absolute atomic E-state index is 0.0986. The number of ether oxygens (including phenoxy) is 2. The molecule has 1 unspecified atom stereocenters. The Balaban J connectivity index is 2.14. The second-order valence-corrected chi connectivity index (χ2v) is 5.63. The Morgan fingerprint density at radius 1 is 1.30 bits per heavy atom. The fourth-order valence-corrected chi connectivity index (χ4v) is 2.55. The van der Waals surface area contributed by atoms with Gasteiger partial charge in [0.2, 0.25) is 0 Å². The summed E-state index contributed by atoms with van der Waals surface area (Å²) in [5.74, 6) is -0.193. The van der Waals surface area contributed by atoms with Crippen LogP contribution >= 0.6 is 0 Å². The second kappa shape index (κ2) is 7.97. The van der Waals surface area contributed by atoms with Crippen LogP contribution in [0.1, 0.15) is 48.5 Å². The molecule has 0 radical (unpaired) electrons. The van der Waals surface area contributed by atoms with Crippen LogP contribution in [0.3, 0.4) is 0 Å². The molecule has 1 aromatic rings. The van der Waals surface area contributed by atoms with Gasteiger partial charge in [-0.25, -0.2) is 4.79 Å². The average Bonchev–Trinajstić information content (AvgIpc) is 2.53. The van der Waals surface area contributed by atoms with Crippen molar-refractivity contribution in [1.29, 1.82) is 0 Å². The second-order valence-electron chi connectivity index (χ2n) is 5.63. The number of aliphatic hydroxyl groups excluding tert-OH is 1. The fraction of sp³-hybridized carbons (Fsp3) is 0.529. The first kappa shape index (κ1) is 17.3. The molecule has 1 heterocycles. The van der Waals surface area contributed by atoms with Gasteiger partial charge in [0.15, 0.2) is 11.9 Å². The van der Waals surface area contributed by atoms with Crippen LogP contribution in [-0.2, 0) is 11.2 Å². The molecule has 126 valence electrons. The number of aliphatic carboxylic acids is 1. The van der Waals surface area contributed by atoms with Gasteiger partial charge in [0, 0.05) is 12.7 Å². The Labute approximate surface area is 135 Å². The van der Waals surface area contributed by atoms with Crippen LogP contribution in [0.5, 0.6) is 11.5 Å². The zero-order valence-corrected chi connectivity index (χ0v) is 13.2. The number of fused-ring (bicyclic) bond motifs is 1. The molecule has 23 heavy (non-hydrogen) atoms. The first-order chi connectivity index (χ1) is 11.0. The molecule has 2 N–H and O–H groups in total. The molecule has 2 rings (SSSR count). The number of carboxylic acid groups (broad SMARTS) is 1. The lowest BCUT2D eigenvalue weighted by Gasteiger charge is -2.24. The normalized spacial score (nSPS) is 16.3. The van der Waals surface area contributed by atoms with E-state index in [-0.39, 0.29) is 12.4 Å². The van der Waals surface area contributed by atoms with E-state index >= 15 is 0 Å². The Morgan fingerprint density at radius 3 is 2.74 bits per heavy atom. The third-order valence-corrected chi connectivity index (χ3v) is 3.82. The molecule has 1 aliphatic heterocycles. The van der Waals surface area contributed by atoms with E-state index in [1.807, 2.05) is 0 Å². The zero-order chi connectivity index (χ0) is 16.8. The number of carbonyl (C=O) groups excluding carboxylic acids is 1. The fourth-order valence-electron chi connectivity index (χ4n) is 2.55. The maximum Gasteiger partial charge on any atom is 0.344 e. The molecular weight excluding hydrogens is 300 g/mol. The van der Waals surface area contributed by atoms with Crippen molar-refractivity contribution in [2.75, 3.05) is 13.2 Å². The number of aryl methyl sites for hydroxylation is 1. The van der Waals surface area contributed by atoms with Gasteiger partial charge in [-0.2, -0.15) is 0 Å². The van der Waals surface area contributed by atoms with E-state index in [1.165, 1.54) is 6.92 Å². The van der Waals surface area contributed by atoms with Gasteiger partial charge in [-0.15, -0.1) is 0 Å². The van der Waals surface area contributed by atoms with Crippen molar-refractivity contribution < 1.29 is 29.3 Å². The van der Waals surface area contributed by atoms with Gasteiger partial charge in [0.05, 0.1) is 12.2 Å². The lowest BCUT2D eigenvalue weighted by Crippen LogP contribution is -2.31. The Hall–Kier alpha value is -2.08. The lowest BCUT2D eigenvalue weighted by atomic mass is 9.98. The van der Waals surface area contributed by atoms with E-state index < -0.39 is 12.1 Å². The molecular formula is C17H22O6. The Morgan fingerprint density at radius 2 is 2.09 bits per heavy atom. The average molecular weight is 322 g/mol. The van der Waals surface area contributed by atoms with Crippen LogP contribution in [0.4, 0.5) is 0 Å². The van der Waals surface area contributed by atoms with Crippen molar-refractivity contribution in [2.45, 2.75) is 45.1 Å². The molecule has 1 aliphatic rings. The van der Waals surface area contributed by atoms with Crippen molar-refractivity contribution in [1.82, 2.24) is 0 Å². The maximum absolute atomic E-state index is 11.8. The molecule has 6 heteroatoms. The number of hydrogen-bond acceptors (Lipinski definition) is 5. The number of carboxylic acids is 1. The number of Topliss-reactive ketones (excluding diaryl/α,β-unsaturated/α-hetero) is 1. The molecule has 0 spiro atoms. The quantitative estimate of drug-likeness (QED) is 0.563. The first-order valence-electron chi connectivity index (χ1n) is 7.84. The smallest absolute Gasteiger partial charge is 0.344 e. The van der Waals surface area contributed by atoms with Gasteiger partial charge in [-0.05, 0) is 50.7 Å². The molecule has 6 nitrogen and oxygen atoms in total. The summed E-state index contributed by atoms with van der Waals surface area (Å²) in [4.78, 5) is 22.9. The maximum atomic E-state index is 11.8. The van der Waals surface area contributed by atoms with Gasteiger partial charge in [-0.1, -0.05) is 0 Å². The summed E-state index contributed by atoms with van der Waals surface area (Å²) in [5.41, 5.74) is 1.32. The number of benzene rings is 1. The predicted octanol–water partition coefficient (Wildman–Crippen LogP) is 2.21. The highest BCUT2D eigenvalue weighted by molar-refractivity contribution is 5.97. The summed E-state index contributed by atoms with van der Waals surface area (Å²) in [6, 6.07) is 3.35. The molecule has 0 aromatic heterocycles. The highest BCUT2D eigenvalue weighted by Gasteiger charge is 2.27. The van der Waals surface area contributed by atoms with Crippen molar-refractivity contribution in [3.05, 3.63) is 23.3 Å². The monoisotopic (exact) mass is 322 g/mol. The van der Waals surface area contributed by atoms with Crippen molar-refractivity contribution in [2.24, 2.45) is 0 Å². The molecule has 0 bridgehead atoms. The third kappa shape index (κ3) is 4.45. The van der Waals surface area contributed by atoms with E-state index in [0.29, 0.717) is 36.5 Å². The topological polar surface area (TPSA) is 93.1 Å². The van der Waals surface area contributed by atoms with Crippen LogP contribution < -0.4 is 9.47 Å². The van der Waals surface area contributed by atoms with E-state index in [4.69, 9.17) is 19.7 Å². The van der Waals surface area contributed by atoms with Crippen molar-refractivity contribution in [3.63, 3.8) is 0 Å². The van der Waals surface area contributed by atoms with Crippen LogP contribution in [-0.4, -0.2) is 41.3 Å². The van der Waals surface area contributed by atoms with E-state index in [0.717, 1.165) is 24.8 Å². The van der Waals surface area contributed by atoms with Crippen LogP contribution in [0.15, 0.2) is 12.1 Å². The van der Waals surface area contributed by atoms with Crippen LogP contribution in [0.2, 0.25) is 0 Å². The summed E-state index contributed by atoms with van der Waals surface area (Å²) in [7, 11) is 0. The summed E-state index contributed by atoms with van der Waals surface area (Å²) >= 11 is 0. The summed E-state index contributed by atoms with van der Waals surface area (Å²) in [5, 5.41) is 17.8. The predicted molar refractivity (Wildman–Crippen MR) is 83.3 cm³/mol. The number of ketones is 1. The summed E-state index contributed by atoms with van der Waals surface area (Å²) < 4.78 is 11.2. The highest BCUT2D eigenvalue weighted by atomic mass is 16.5. The zero-order valence-electron chi connectivity index (χ0n) is 13.2. The van der Waals surface area contributed by atoms with Crippen molar-refractivity contribution >= 4 is 11.8 Å². The number of carbonyl (C=O) groups is 2. The van der Waals surface area contributed by atoms with Gasteiger partial charge in [-0.3, -0.25) is 4.79 Å². The molecule has 0 amide bonds. The molecule has 1 atom stereocenters. The number of hydrogen-bond donors (Lipinski definition) is 2. The Bertz CT molecular complexity index is 581. The van der Waals surface area contributed by atoms with Crippen LogP contribution in [0.25, 0.3) is 0 Å². The molecule has 0 aliphatic carbocycles. The number of aliphatic hydroxyl groups is 1. The molecule has 0 saturated carbocycles. The van der Waals surface area contributed by atoms with E-state index in [1.54, 1.807) is 12.1 Å².